The smallest absolute Gasteiger partial charge is 0.280 e. The van der Waals surface area contributed by atoms with Crippen molar-refractivity contribution in [2.24, 2.45) is 0 Å². The van der Waals surface area contributed by atoms with E-state index >= 15 is 0 Å². The fourth-order valence-corrected chi connectivity index (χ4v) is 2.40. The van der Waals surface area contributed by atoms with Crippen molar-refractivity contribution in [1.29, 1.82) is 0 Å². The normalized spacial score (nSPS) is 10.4. The molecule has 26 heavy (non-hydrogen) atoms. The molecule has 1 N–H and O–H groups in total. The van der Waals surface area contributed by atoms with E-state index in [1.807, 2.05) is 62.3 Å². The van der Waals surface area contributed by atoms with Gasteiger partial charge >= 0.3 is 0 Å². The molecule has 7 nitrogen and oxygen atoms in total. The van der Waals surface area contributed by atoms with E-state index in [2.05, 4.69) is 15.4 Å². The fraction of sp³-hybridized carbons (Fsp3) is 0.211. The Kier molecular flexibility index (Phi) is 5.17. The van der Waals surface area contributed by atoms with Crippen LogP contribution in [-0.4, -0.2) is 41.4 Å². The molecule has 3 rings (SSSR count). The van der Waals surface area contributed by atoms with Crippen molar-refractivity contribution in [1.82, 2.24) is 14.8 Å². The number of pyridine rings is 1. The molecule has 3 aromatic rings. The summed E-state index contributed by atoms with van der Waals surface area (Å²) in [6.45, 7) is 2.31. The molecule has 7 heteroatoms. The Morgan fingerprint density at radius 3 is 2.58 bits per heavy atom. The largest absolute Gasteiger partial charge is 0.490 e. The molecule has 1 aromatic carbocycles. The summed E-state index contributed by atoms with van der Waals surface area (Å²) in [5.74, 6) is 0.903. The molecule has 0 saturated carbocycles. The first-order valence-corrected chi connectivity index (χ1v) is 8.31. The van der Waals surface area contributed by atoms with E-state index in [1.165, 1.54) is 0 Å². The average molecular weight is 351 g/mol. The third kappa shape index (κ3) is 3.83. The minimum absolute atomic E-state index is 0.229. The zero-order valence-corrected chi connectivity index (χ0v) is 15.0. The van der Waals surface area contributed by atoms with Crippen molar-refractivity contribution < 1.29 is 9.53 Å². The summed E-state index contributed by atoms with van der Waals surface area (Å²) in [6, 6.07) is 13.2. The fourth-order valence-electron chi connectivity index (χ4n) is 2.40. The van der Waals surface area contributed by atoms with Crippen molar-refractivity contribution in [2.45, 2.75) is 6.92 Å². The van der Waals surface area contributed by atoms with E-state index in [4.69, 9.17) is 4.74 Å². The van der Waals surface area contributed by atoms with E-state index < -0.39 is 0 Å². The van der Waals surface area contributed by atoms with Gasteiger partial charge in [0.15, 0.2) is 11.4 Å². The van der Waals surface area contributed by atoms with Crippen molar-refractivity contribution in [2.75, 3.05) is 30.9 Å². The number of rotatable bonds is 6. The van der Waals surface area contributed by atoms with Gasteiger partial charge < -0.3 is 15.0 Å². The molecule has 0 aliphatic heterocycles. The summed E-state index contributed by atoms with van der Waals surface area (Å²) in [4.78, 5) is 18.8. The molecule has 134 valence electrons. The molecule has 1 amide bonds. The Labute approximate surface area is 152 Å². The number of hydrogen-bond acceptors (Lipinski definition) is 5. The third-order valence-corrected chi connectivity index (χ3v) is 3.68. The lowest BCUT2D eigenvalue weighted by Gasteiger charge is -2.11. The first-order valence-electron chi connectivity index (χ1n) is 8.31. The highest BCUT2D eigenvalue weighted by atomic mass is 16.5. The van der Waals surface area contributed by atoms with Crippen LogP contribution in [0, 0.1) is 0 Å². The summed E-state index contributed by atoms with van der Waals surface area (Å²) in [5, 5.41) is 7.20. The number of nitrogens with zero attached hydrogens (tertiary/aromatic N) is 4. The van der Waals surface area contributed by atoms with Gasteiger partial charge in [-0.1, -0.05) is 18.2 Å². The minimum atomic E-state index is -0.345. The molecule has 0 spiro atoms. The van der Waals surface area contributed by atoms with Gasteiger partial charge in [0.1, 0.15) is 5.82 Å². The minimum Gasteiger partial charge on any atom is -0.490 e. The summed E-state index contributed by atoms with van der Waals surface area (Å²) >= 11 is 0. The van der Waals surface area contributed by atoms with Crippen LogP contribution in [-0.2, 0) is 0 Å². The Morgan fingerprint density at radius 1 is 1.19 bits per heavy atom. The summed E-state index contributed by atoms with van der Waals surface area (Å²) in [5.41, 5.74) is 1.68. The second kappa shape index (κ2) is 7.69. The van der Waals surface area contributed by atoms with Gasteiger partial charge in [0.05, 0.1) is 30.4 Å². The van der Waals surface area contributed by atoms with Gasteiger partial charge in [-0.3, -0.25) is 4.79 Å². The molecule has 2 heterocycles. The van der Waals surface area contributed by atoms with Crippen LogP contribution in [0.2, 0.25) is 0 Å². The van der Waals surface area contributed by atoms with Crippen LogP contribution in [0.15, 0.2) is 54.9 Å². The number of nitrogens with one attached hydrogen (secondary N) is 1. The number of benzene rings is 1. The van der Waals surface area contributed by atoms with Crippen molar-refractivity contribution >= 4 is 17.4 Å². The van der Waals surface area contributed by atoms with Crippen LogP contribution in [0.5, 0.6) is 5.75 Å². The Bertz CT molecular complexity index is 873. The number of anilines is 2. The number of para-hydroxylation sites is 1. The molecule has 0 atom stereocenters. The number of amides is 1. The maximum Gasteiger partial charge on any atom is 0.280 e. The number of aromatic nitrogens is 3. The van der Waals surface area contributed by atoms with Gasteiger partial charge in [0.2, 0.25) is 0 Å². The monoisotopic (exact) mass is 351 g/mol. The number of carbonyl (C=O) groups is 1. The van der Waals surface area contributed by atoms with E-state index in [9.17, 15) is 4.79 Å². The third-order valence-electron chi connectivity index (χ3n) is 3.68. The highest BCUT2D eigenvalue weighted by Gasteiger charge is 2.19. The Hall–Kier alpha value is -3.35. The molecule has 0 aliphatic rings. The summed E-state index contributed by atoms with van der Waals surface area (Å²) in [7, 11) is 3.82. The topological polar surface area (TPSA) is 72.3 Å². The predicted molar refractivity (Wildman–Crippen MR) is 101 cm³/mol. The van der Waals surface area contributed by atoms with Gasteiger partial charge in [-0.05, 0) is 31.2 Å². The van der Waals surface area contributed by atoms with Gasteiger partial charge in [0.25, 0.3) is 5.91 Å². The Morgan fingerprint density at radius 2 is 1.96 bits per heavy atom. The lowest BCUT2D eigenvalue weighted by molar-refractivity contribution is 0.101. The number of carbonyl (C=O) groups excluding carboxylic acids is 1. The highest BCUT2D eigenvalue weighted by Crippen LogP contribution is 2.21. The summed E-state index contributed by atoms with van der Waals surface area (Å²) in [6.07, 6.45) is 3.32. The van der Waals surface area contributed by atoms with Crippen LogP contribution in [0.25, 0.3) is 5.69 Å². The van der Waals surface area contributed by atoms with E-state index in [0.717, 1.165) is 11.5 Å². The number of hydrogen-bond donors (Lipinski definition) is 1. The van der Waals surface area contributed by atoms with E-state index in [0.29, 0.717) is 18.0 Å². The number of ether oxygens (including phenoxy) is 1. The van der Waals surface area contributed by atoms with Crippen LogP contribution < -0.4 is 15.0 Å². The molecule has 0 saturated heterocycles. The maximum atomic E-state index is 12.7. The lowest BCUT2D eigenvalue weighted by atomic mass is 10.3. The molecular formula is C19H21N5O2. The zero-order valence-electron chi connectivity index (χ0n) is 15.0. The highest BCUT2D eigenvalue weighted by molar-refractivity contribution is 6.04. The quantitative estimate of drug-likeness (QED) is 0.739. The Balaban J connectivity index is 1.84. The van der Waals surface area contributed by atoms with Gasteiger partial charge in [0, 0.05) is 14.1 Å². The van der Waals surface area contributed by atoms with E-state index in [-0.39, 0.29) is 11.6 Å². The lowest BCUT2D eigenvalue weighted by Crippen LogP contribution is -2.15. The second-order valence-electron chi connectivity index (χ2n) is 5.81. The molecule has 0 aliphatic carbocycles. The molecule has 0 radical (unpaired) electrons. The van der Waals surface area contributed by atoms with Gasteiger partial charge in [-0.15, -0.1) is 0 Å². The first kappa shape index (κ1) is 17.5. The SMILES string of the molecule is CCOc1cn(-c2ccccc2)nc1C(=O)Nc1ccc(N(C)C)nc1. The zero-order chi connectivity index (χ0) is 18.5. The molecule has 2 aromatic heterocycles. The second-order valence-corrected chi connectivity index (χ2v) is 5.81. The predicted octanol–water partition coefficient (Wildman–Crippen LogP) is 2.98. The summed E-state index contributed by atoms with van der Waals surface area (Å²) < 4.78 is 7.21. The van der Waals surface area contributed by atoms with Crippen LogP contribution in [0.3, 0.4) is 0 Å². The van der Waals surface area contributed by atoms with Crippen LogP contribution >= 0.6 is 0 Å². The van der Waals surface area contributed by atoms with Crippen LogP contribution in [0.4, 0.5) is 11.5 Å². The average Bonchev–Trinajstić information content (AvgIpc) is 3.07. The standard InChI is InChI=1S/C19H21N5O2/c1-4-26-16-13-24(15-8-6-5-7-9-15)22-18(16)19(25)21-14-10-11-17(20-12-14)23(2)3/h5-13H,4H2,1-3H3,(H,21,25). The first-order chi connectivity index (χ1) is 12.6. The molecule has 0 fully saturated rings. The molecule has 0 unspecified atom stereocenters. The van der Waals surface area contributed by atoms with Crippen molar-refractivity contribution in [3.05, 3.63) is 60.6 Å². The maximum absolute atomic E-state index is 12.7. The molecular weight excluding hydrogens is 330 g/mol. The van der Waals surface area contributed by atoms with Gasteiger partial charge in [-0.2, -0.15) is 5.10 Å². The molecule has 0 bridgehead atoms. The van der Waals surface area contributed by atoms with Gasteiger partial charge in [-0.25, -0.2) is 9.67 Å². The van der Waals surface area contributed by atoms with Crippen LogP contribution in [0.1, 0.15) is 17.4 Å². The van der Waals surface area contributed by atoms with E-state index in [1.54, 1.807) is 23.1 Å². The van der Waals surface area contributed by atoms with Crippen molar-refractivity contribution in [3.8, 4) is 11.4 Å². The van der Waals surface area contributed by atoms with Crippen molar-refractivity contribution in [3.63, 3.8) is 0 Å².